The van der Waals surface area contributed by atoms with Crippen LogP contribution in [0.3, 0.4) is 0 Å². The topological polar surface area (TPSA) is 93.6 Å². The fourth-order valence-corrected chi connectivity index (χ4v) is 2.39. The molecule has 3 amide bonds. The number of hydrogen-bond donors (Lipinski definition) is 1. The van der Waals surface area contributed by atoms with E-state index < -0.39 is 29.5 Å². The maximum absolute atomic E-state index is 13.4. The van der Waals surface area contributed by atoms with E-state index >= 15 is 0 Å². The maximum atomic E-state index is 13.4. The van der Waals surface area contributed by atoms with Gasteiger partial charge < -0.3 is 10.2 Å². The lowest BCUT2D eigenvalue weighted by molar-refractivity contribution is -0.117. The van der Waals surface area contributed by atoms with Crippen LogP contribution in [0, 0.1) is 5.82 Å². The minimum atomic E-state index is -1.30. The van der Waals surface area contributed by atoms with Crippen molar-refractivity contribution in [2.24, 2.45) is 5.73 Å². The number of rotatable bonds is 2. The smallest absolute Gasteiger partial charge is 0.326 e. The Labute approximate surface area is 117 Å². The first-order valence-corrected chi connectivity index (χ1v) is 6.00. The van der Waals surface area contributed by atoms with E-state index in [4.69, 9.17) is 10.2 Å². The SMILES string of the molecule is NC(=O)N1C(=O)C(C(=O)c2ccoc2)c2cc(F)ccc21. The molecule has 2 heterocycles. The number of primary amides is 1. The van der Waals surface area contributed by atoms with Gasteiger partial charge in [-0.15, -0.1) is 0 Å². The van der Waals surface area contributed by atoms with E-state index in [9.17, 15) is 18.8 Å². The molecule has 106 valence electrons. The van der Waals surface area contributed by atoms with Gasteiger partial charge >= 0.3 is 6.03 Å². The molecule has 0 fully saturated rings. The lowest BCUT2D eigenvalue weighted by atomic mass is 9.93. The van der Waals surface area contributed by atoms with E-state index in [0.29, 0.717) is 4.90 Å². The molecule has 21 heavy (non-hydrogen) atoms. The Kier molecular flexibility index (Phi) is 2.83. The van der Waals surface area contributed by atoms with Gasteiger partial charge in [-0.2, -0.15) is 0 Å². The number of hydrogen-bond acceptors (Lipinski definition) is 4. The Bertz CT molecular complexity index is 754. The largest absolute Gasteiger partial charge is 0.472 e. The van der Waals surface area contributed by atoms with Gasteiger partial charge in [-0.05, 0) is 29.8 Å². The van der Waals surface area contributed by atoms with Crippen molar-refractivity contribution in [1.29, 1.82) is 0 Å². The van der Waals surface area contributed by atoms with Crippen LogP contribution in [-0.4, -0.2) is 17.7 Å². The van der Waals surface area contributed by atoms with Crippen LogP contribution in [-0.2, 0) is 4.79 Å². The van der Waals surface area contributed by atoms with E-state index in [2.05, 4.69) is 0 Å². The number of anilines is 1. The Morgan fingerprint density at radius 2 is 2.05 bits per heavy atom. The van der Waals surface area contributed by atoms with Crippen LogP contribution in [0.4, 0.5) is 14.9 Å². The average Bonchev–Trinajstić information content (AvgIpc) is 3.03. The third-order valence-corrected chi connectivity index (χ3v) is 3.30. The summed E-state index contributed by atoms with van der Waals surface area (Å²) < 4.78 is 18.2. The number of nitrogens with zero attached hydrogens (tertiary/aromatic N) is 1. The monoisotopic (exact) mass is 288 g/mol. The molecule has 0 bridgehead atoms. The number of nitrogens with two attached hydrogens (primary N) is 1. The molecule has 1 aliphatic heterocycles. The fraction of sp³-hybridized carbons (Fsp3) is 0.0714. The highest BCUT2D eigenvalue weighted by Gasteiger charge is 2.44. The van der Waals surface area contributed by atoms with E-state index in [1.54, 1.807) is 0 Å². The third kappa shape index (κ3) is 1.90. The van der Waals surface area contributed by atoms with Crippen molar-refractivity contribution in [3.8, 4) is 0 Å². The van der Waals surface area contributed by atoms with Crippen LogP contribution in [0.25, 0.3) is 0 Å². The Morgan fingerprint density at radius 1 is 1.29 bits per heavy atom. The number of benzene rings is 1. The molecule has 0 saturated carbocycles. The summed E-state index contributed by atoms with van der Waals surface area (Å²) in [6, 6.07) is 3.76. The molecule has 0 saturated heterocycles. The molecule has 0 spiro atoms. The van der Waals surface area contributed by atoms with Gasteiger partial charge in [0.2, 0.25) is 0 Å². The van der Waals surface area contributed by atoms with Crippen LogP contribution in [0.15, 0.2) is 41.2 Å². The van der Waals surface area contributed by atoms with Crippen LogP contribution < -0.4 is 10.6 Å². The number of Topliss-reactive ketones (excluding diaryl/α,β-unsaturated/α-hetero) is 1. The lowest BCUT2D eigenvalue weighted by Crippen LogP contribution is -2.40. The highest BCUT2D eigenvalue weighted by molar-refractivity contribution is 6.29. The van der Waals surface area contributed by atoms with Gasteiger partial charge in [-0.1, -0.05) is 0 Å². The molecule has 1 aromatic carbocycles. The van der Waals surface area contributed by atoms with E-state index in [1.165, 1.54) is 24.7 Å². The molecular formula is C14H9FN2O4. The summed E-state index contributed by atoms with van der Waals surface area (Å²) in [5, 5.41) is 0. The minimum Gasteiger partial charge on any atom is -0.472 e. The fourth-order valence-electron chi connectivity index (χ4n) is 2.39. The number of imide groups is 1. The van der Waals surface area contributed by atoms with Gasteiger partial charge in [-0.25, -0.2) is 14.1 Å². The van der Waals surface area contributed by atoms with Crippen molar-refractivity contribution in [2.75, 3.05) is 4.90 Å². The normalized spacial score (nSPS) is 16.9. The minimum absolute atomic E-state index is 0.116. The van der Waals surface area contributed by atoms with Gasteiger partial charge in [0.05, 0.1) is 17.5 Å². The Balaban J connectivity index is 2.14. The number of carbonyl (C=O) groups is 3. The maximum Gasteiger partial charge on any atom is 0.326 e. The number of ketones is 1. The second kappa shape index (κ2) is 4.55. The van der Waals surface area contributed by atoms with Crippen molar-refractivity contribution in [2.45, 2.75) is 5.92 Å². The van der Waals surface area contributed by atoms with Crippen LogP contribution in [0.5, 0.6) is 0 Å². The van der Waals surface area contributed by atoms with Gasteiger partial charge in [0.15, 0.2) is 5.78 Å². The Hall–Kier alpha value is -2.96. The number of urea groups is 1. The highest BCUT2D eigenvalue weighted by Crippen LogP contribution is 2.39. The third-order valence-electron chi connectivity index (χ3n) is 3.30. The average molecular weight is 288 g/mol. The van der Waals surface area contributed by atoms with E-state index in [-0.39, 0.29) is 16.8 Å². The van der Waals surface area contributed by atoms with Crippen molar-refractivity contribution in [3.05, 3.63) is 53.7 Å². The standard InChI is InChI=1S/C14H9FN2O4/c15-8-1-2-10-9(5-8)11(13(19)17(10)14(16)20)12(18)7-3-4-21-6-7/h1-6,11H,(H2,16,20). The predicted octanol–water partition coefficient (Wildman–Crippen LogP) is 1.81. The summed E-state index contributed by atoms with van der Waals surface area (Å²) in [6.45, 7) is 0. The van der Waals surface area contributed by atoms with Crippen molar-refractivity contribution in [1.82, 2.24) is 0 Å². The summed E-state index contributed by atoms with van der Waals surface area (Å²) in [4.78, 5) is 36.8. The number of amides is 3. The molecule has 2 aromatic rings. The molecule has 6 nitrogen and oxygen atoms in total. The van der Waals surface area contributed by atoms with Crippen molar-refractivity contribution >= 4 is 23.4 Å². The zero-order chi connectivity index (χ0) is 15.1. The summed E-state index contributed by atoms with van der Waals surface area (Å²) >= 11 is 0. The van der Waals surface area contributed by atoms with Gasteiger partial charge in [0, 0.05) is 0 Å². The van der Waals surface area contributed by atoms with Gasteiger partial charge in [0.1, 0.15) is 18.0 Å². The number of furan rings is 1. The van der Waals surface area contributed by atoms with Crippen LogP contribution in [0.1, 0.15) is 21.8 Å². The van der Waals surface area contributed by atoms with Gasteiger partial charge in [-0.3, -0.25) is 9.59 Å². The quantitative estimate of drug-likeness (QED) is 0.673. The molecule has 2 N–H and O–H groups in total. The first-order valence-electron chi connectivity index (χ1n) is 6.00. The van der Waals surface area contributed by atoms with E-state index in [1.807, 2.05) is 0 Å². The predicted molar refractivity (Wildman–Crippen MR) is 69.2 cm³/mol. The molecule has 0 aliphatic carbocycles. The number of fused-ring (bicyclic) bond motifs is 1. The molecular weight excluding hydrogens is 279 g/mol. The second-order valence-electron chi connectivity index (χ2n) is 4.52. The molecule has 0 radical (unpaired) electrons. The van der Waals surface area contributed by atoms with Crippen molar-refractivity contribution < 1.29 is 23.2 Å². The molecule has 1 atom stereocenters. The zero-order valence-corrected chi connectivity index (χ0v) is 10.6. The van der Waals surface area contributed by atoms with Crippen LogP contribution in [0.2, 0.25) is 0 Å². The number of carbonyl (C=O) groups excluding carboxylic acids is 3. The first kappa shape index (κ1) is 13.0. The molecule has 1 aliphatic rings. The molecule has 1 aromatic heterocycles. The Morgan fingerprint density at radius 3 is 2.67 bits per heavy atom. The summed E-state index contributed by atoms with van der Waals surface area (Å²) in [5.41, 5.74) is 5.56. The highest BCUT2D eigenvalue weighted by atomic mass is 19.1. The summed E-state index contributed by atoms with van der Waals surface area (Å²) in [6.07, 6.45) is 2.46. The van der Waals surface area contributed by atoms with Gasteiger partial charge in [0.25, 0.3) is 5.91 Å². The summed E-state index contributed by atoms with van der Waals surface area (Å²) in [5.74, 6) is -3.29. The molecule has 1 unspecified atom stereocenters. The van der Waals surface area contributed by atoms with E-state index in [0.717, 1.165) is 12.1 Å². The van der Waals surface area contributed by atoms with Crippen molar-refractivity contribution in [3.63, 3.8) is 0 Å². The number of halogens is 1. The first-order chi connectivity index (χ1) is 10.0. The lowest BCUT2D eigenvalue weighted by Gasteiger charge is -2.12. The summed E-state index contributed by atoms with van der Waals surface area (Å²) in [7, 11) is 0. The molecule has 3 rings (SSSR count). The molecule has 7 heteroatoms. The second-order valence-corrected chi connectivity index (χ2v) is 4.52. The van der Waals surface area contributed by atoms with Crippen LogP contribution >= 0.6 is 0 Å². The zero-order valence-electron chi connectivity index (χ0n) is 10.6.